The normalized spacial score (nSPS) is 14.1. The van der Waals surface area contributed by atoms with Gasteiger partial charge in [0.2, 0.25) is 0 Å². The molecule has 3 N–H and O–H groups in total. The second-order valence-electron chi connectivity index (χ2n) is 2.66. The van der Waals surface area contributed by atoms with E-state index >= 15 is 0 Å². The molecule has 0 saturated heterocycles. The molecule has 8 heteroatoms. The Bertz CT molecular complexity index is 263. The van der Waals surface area contributed by atoms with Gasteiger partial charge in [-0.1, -0.05) is 0 Å². The van der Waals surface area contributed by atoms with Crippen molar-refractivity contribution in [3.8, 4) is 0 Å². The average molecular weight is 204 g/mol. The van der Waals surface area contributed by atoms with E-state index in [1.54, 1.807) is 0 Å². The lowest BCUT2D eigenvalue weighted by Gasteiger charge is -2.19. The Morgan fingerprint density at radius 1 is 1.21 bits per heavy atom. The van der Waals surface area contributed by atoms with Crippen molar-refractivity contribution < 1.29 is 34.4 Å². The monoisotopic (exact) mass is 204 g/mol. The molecule has 0 radical (unpaired) electrons. The summed E-state index contributed by atoms with van der Waals surface area (Å²) in [5.41, 5.74) is -2.61. The van der Waals surface area contributed by atoms with E-state index in [-0.39, 0.29) is 0 Å². The third-order valence-corrected chi connectivity index (χ3v) is 1.51. The molecular formula is C6H9BO7. The number of hydrogen-bond donors (Lipinski definition) is 3. The lowest BCUT2D eigenvalue weighted by Crippen LogP contribution is -2.43. The summed E-state index contributed by atoms with van der Waals surface area (Å²) in [6.07, 6.45) is -1.96. The molecule has 0 saturated carbocycles. The SMILES string of the molecule is BOC(=O)CC(O)(CC(=O)O)C(=O)O. The lowest BCUT2D eigenvalue weighted by molar-refractivity contribution is -0.169. The van der Waals surface area contributed by atoms with Gasteiger partial charge >= 0.3 is 20.0 Å². The van der Waals surface area contributed by atoms with Crippen LogP contribution in [-0.2, 0) is 19.0 Å². The Kier molecular flexibility index (Phi) is 4.09. The average Bonchev–Trinajstić information content (AvgIpc) is 2.02. The van der Waals surface area contributed by atoms with Crippen molar-refractivity contribution in [1.82, 2.24) is 0 Å². The Morgan fingerprint density at radius 3 is 2.00 bits per heavy atom. The van der Waals surface area contributed by atoms with Gasteiger partial charge in [0, 0.05) is 0 Å². The van der Waals surface area contributed by atoms with Crippen LogP contribution in [0.15, 0.2) is 0 Å². The second-order valence-corrected chi connectivity index (χ2v) is 2.66. The molecule has 78 valence electrons. The summed E-state index contributed by atoms with van der Waals surface area (Å²) in [5, 5.41) is 26.1. The van der Waals surface area contributed by atoms with E-state index in [4.69, 9.17) is 10.2 Å². The van der Waals surface area contributed by atoms with E-state index in [1.807, 2.05) is 0 Å². The van der Waals surface area contributed by atoms with Gasteiger partial charge in [0.1, 0.15) is 0 Å². The van der Waals surface area contributed by atoms with Crippen molar-refractivity contribution in [3.63, 3.8) is 0 Å². The highest BCUT2D eigenvalue weighted by molar-refractivity contribution is 6.06. The largest absolute Gasteiger partial charge is 0.543 e. The van der Waals surface area contributed by atoms with Crippen LogP contribution in [-0.4, -0.2) is 46.9 Å². The summed E-state index contributed by atoms with van der Waals surface area (Å²) in [5.74, 6) is -4.28. The molecule has 7 nitrogen and oxygen atoms in total. The fourth-order valence-corrected chi connectivity index (χ4v) is 0.775. The number of carboxylic acid groups (broad SMARTS) is 2. The molecule has 0 spiro atoms. The molecular weight excluding hydrogens is 195 g/mol. The van der Waals surface area contributed by atoms with Crippen molar-refractivity contribution in [2.75, 3.05) is 0 Å². The zero-order valence-electron chi connectivity index (χ0n) is 7.39. The van der Waals surface area contributed by atoms with Crippen LogP contribution >= 0.6 is 0 Å². The predicted molar refractivity (Wildman–Crippen MR) is 44.1 cm³/mol. The van der Waals surface area contributed by atoms with Crippen molar-refractivity contribution in [2.24, 2.45) is 0 Å². The molecule has 0 heterocycles. The summed E-state index contributed by atoms with van der Waals surface area (Å²) in [6, 6.07) is 0. The number of rotatable bonds is 5. The van der Waals surface area contributed by atoms with Crippen LogP contribution in [0.2, 0.25) is 0 Å². The van der Waals surface area contributed by atoms with Crippen LogP contribution in [0, 0.1) is 0 Å². The summed E-state index contributed by atoms with van der Waals surface area (Å²) in [4.78, 5) is 31.4. The van der Waals surface area contributed by atoms with Gasteiger partial charge in [0.05, 0.1) is 12.8 Å². The molecule has 0 bridgehead atoms. The summed E-state index contributed by atoms with van der Waals surface area (Å²) < 4.78 is 4.12. The summed E-state index contributed by atoms with van der Waals surface area (Å²) in [7, 11) is 1.01. The van der Waals surface area contributed by atoms with E-state index < -0.39 is 36.4 Å². The van der Waals surface area contributed by atoms with Crippen molar-refractivity contribution >= 4 is 26.0 Å². The number of aliphatic hydroxyl groups is 1. The van der Waals surface area contributed by atoms with E-state index in [2.05, 4.69) is 4.65 Å². The molecule has 0 aromatic rings. The first-order chi connectivity index (χ1) is 6.31. The van der Waals surface area contributed by atoms with Gasteiger partial charge in [-0.25, -0.2) is 4.79 Å². The molecule has 14 heavy (non-hydrogen) atoms. The molecule has 0 aliphatic carbocycles. The molecule has 0 aliphatic rings. The first kappa shape index (κ1) is 12.4. The van der Waals surface area contributed by atoms with E-state index in [0.29, 0.717) is 0 Å². The topological polar surface area (TPSA) is 121 Å². The third-order valence-electron chi connectivity index (χ3n) is 1.51. The minimum absolute atomic E-state index is 0.898. The maximum atomic E-state index is 10.7. The molecule has 1 unspecified atom stereocenters. The van der Waals surface area contributed by atoms with Gasteiger partial charge in [0.25, 0.3) is 5.97 Å². The van der Waals surface area contributed by atoms with Crippen LogP contribution in [0.3, 0.4) is 0 Å². The van der Waals surface area contributed by atoms with Crippen LogP contribution in [0.5, 0.6) is 0 Å². The fourth-order valence-electron chi connectivity index (χ4n) is 0.775. The van der Waals surface area contributed by atoms with E-state index in [1.165, 1.54) is 0 Å². The van der Waals surface area contributed by atoms with Gasteiger partial charge in [-0.15, -0.1) is 0 Å². The fraction of sp³-hybridized carbons (Fsp3) is 0.500. The molecule has 0 aromatic carbocycles. The maximum Gasteiger partial charge on any atom is 0.336 e. The third kappa shape index (κ3) is 3.44. The molecule has 0 aliphatic heterocycles. The highest BCUT2D eigenvalue weighted by Crippen LogP contribution is 2.16. The molecule has 0 fully saturated rings. The van der Waals surface area contributed by atoms with Gasteiger partial charge < -0.3 is 20.0 Å². The van der Waals surface area contributed by atoms with Crippen LogP contribution < -0.4 is 0 Å². The predicted octanol–water partition coefficient (Wildman–Crippen LogP) is -2.24. The van der Waals surface area contributed by atoms with Crippen LogP contribution in [0.4, 0.5) is 0 Å². The molecule has 0 amide bonds. The maximum absolute atomic E-state index is 10.7. The van der Waals surface area contributed by atoms with Crippen molar-refractivity contribution in [1.29, 1.82) is 0 Å². The Hall–Kier alpha value is -1.57. The Balaban J connectivity index is 4.63. The van der Waals surface area contributed by atoms with E-state index in [9.17, 15) is 19.5 Å². The first-order valence-corrected chi connectivity index (χ1v) is 3.56. The number of hydrogen-bond acceptors (Lipinski definition) is 5. The highest BCUT2D eigenvalue weighted by atomic mass is 16.5. The Labute approximate surface area is 79.7 Å². The van der Waals surface area contributed by atoms with Gasteiger partial charge in [-0.3, -0.25) is 9.59 Å². The first-order valence-electron chi connectivity index (χ1n) is 3.56. The molecule has 0 aromatic heterocycles. The smallest absolute Gasteiger partial charge is 0.336 e. The zero-order chi connectivity index (χ0) is 11.4. The van der Waals surface area contributed by atoms with Crippen LogP contribution in [0.25, 0.3) is 0 Å². The van der Waals surface area contributed by atoms with Gasteiger partial charge in [-0.05, 0) is 0 Å². The number of carboxylic acids is 2. The number of carbonyl (C=O) groups is 3. The van der Waals surface area contributed by atoms with Crippen molar-refractivity contribution in [2.45, 2.75) is 18.4 Å². The van der Waals surface area contributed by atoms with Crippen molar-refractivity contribution in [3.05, 3.63) is 0 Å². The lowest BCUT2D eigenvalue weighted by atomic mass is 9.96. The quantitative estimate of drug-likeness (QED) is 0.432. The summed E-state index contributed by atoms with van der Waals surface area (Å²) in [6.45, 7) is 0. The Morgan fingerprint density at radius 2 is 1.71 bits per heavy atom. The molecule has 0 rings (SSSR count). The summed E-state index contributed by atoms with van der Waals surface area (Å²) >= 11 is 0. The van der Waals surface area contributed by atoms with Crippen LogP contribution in [0.1, 0.15) is 12.8 Å². The standard InChI is InChI=1S/C6H9BO7/c7-14-4(10)2-6(13,5(11)12)1-3(8)9/h13H,1-2,7H2,(H,8,9)(H,11,12). The number of aliphatic carboxylic acids is 2. The number of carbonyl (C=O) groups excluding carboxylic acids is 1. The second kappa shape index (κ2) is 4.61. The minimum atomic E-state index is -2.61. The zero-order valence-corrected chi connectivity index (χ0v) is 7.39. The van der Waals surface area contributed by atoms with Gasteiger partial charge in [-0.2, -0.15) is 0 Å². The highest BCUT2D eigenvalue weighted by Gasteiger charge is 2.41. The van der Waals surface area contributed by atoms with E-state index in [0.717, 1.165) is 8.05 Å². The molecule has 1 atom stereocenters. The van der Waals surface area contributed by atoms with Gasteiger partial charge in [0.15, 0.2) is 5.60 Å². The minimum Gasteiger partial charge on any atom is -0.543 e.